The molecule has 34 heavy (non-hydrogen) atoms. The highest BCUT2D eigenvalue weighted by Gasteiger charge is 2.79. The normalized spacial score (nSPS) is 46.4. The van der Waals surface area contributed by atoms with E-state index in [9.17, 15) is 15.0 Å². The van der Waals surface area contributed by atoms with Gasteiger partial charge in [-0.3, -0.25) is 4.79 Å². The largest absolute Gasteiger partial charge is 0.392 e. The molecule has 180 valence electrons. The van der Waals surface area contributed by atoms with Gasteiger partial charge in [-0.1, -0.05) is 56.0 Å². The molecule has 3 aliphatic carbocycles. The Morgan fingerprint density at radius 1 is 1.21 bits per heavy atom. The highest BCUT2D eigenvalue weighted by molar-refractivity contribution is 6.04. The van der Waals surface area contributed by atoms with Gasteiger partial charge in [0.15, 0.2) is 5.78 Å². The van der Waals surface area contributed by atoms with Crippen molar-refractivity contribution in [3.63, 3.8) is 0 Å². The topological polar surface area (TPSA) is 85.2 Å². The molecule has 6 nitrogen and oxygen atoms in total. The third-order valence-corrected chi connectivity index (χ3v) is 8.93. The van der Waals surface area contributed by atoms with Crippen LogP contribution in [0.5, 0.6) is 0 Å². The molecule has 2 heterocycles. The van der Waals surface area contributed by atoms with Crippen LogP contribution in [0, 0.1) is 17.8 Å². The SMILES string of the molecule is C=C(C)[C@@]12C[C@@H](C)C34OC(Cc5ccccc5)(OC1[C@@H]3C=C(CO)C[C@]1(O)C(=O)C(C)=C[C@@H]41)O2. The van der Waals surface area contributed by atoms with Crippen molar-refractivity contribution < 1.29 is 29.2 Å². The number of aliphatic hydroxyl groups is 2. The number of fused-ring (bicyclic) bond motifs is 2. The summed E-state index contributed by atoms with van der Waals surface area (Å²) in [5.74, 6) is -2.64. The third-order valence-electron chi connectivity index (χ3n) is 8.93. The van der Waals surface area contributed by atoms with Crippen molar-refractivity contribution in [2.24, 2.45) is 17.8 Å². The highest BCUT2D eigenvalue weighted by atomic mass is 16.9. The minimum Gasteiger partial charge on any atom is -0.392 e. The second-order valence-corrected chi connectivity index (χ2v) is 11.0. The number of carbonyl (C=O) groups is 1. The smallest absolute Gasteiger partial charge is 0.289 e. The Labute approximate surface area is 199 Å². The molecule has 1 aromatic carbocycles. The van der Waals surface area contributed by atoms with Crippen LogP contribution in [0.3, 0.4) is 0 Å². The van der Waals surface area contributed by atoms with Gasteiger partial charge in [0.1, 0.15) is 17.3 Å². The van der Waals surface area contributed by atoms with E-state index in [0.29, 0.717) is 24.0 Å². The first-order chi connectivity index (χ1) is 16.1. The molecule has 0 spiro atoms. The zero-order chi connectivity index (χ0) is 24.1. The van der Waals surface area contributed by atoms with Crippen LogP contribution in [-0.4, -0.2) is 51.5 Å². The fourth-order valence-electron chi connectivity index (χ4n) is 7.50. The monoisotopic (exact) mass is 464 g/mol. The van der Waals surface area contributed by atoms with Gasteiger partial charge in [-0.25, -0.2) is 0 Å². The molecule has 6 heteroatoms. The summed E-state index contributed by atoms with van der Waals surface area (Å²) < 4.78 is 20.5. The average molecular weight is 465 g/mol. The fraction of sp³-hybridized carbons (Fsp3) is 0.536. The molecule has 1 saturated carbocycles. The summed E-state index contributed by atoms with van der Waals surface area (Å²) in [5.41, 5.74) is -0.348. The first-order valence-electron chi connectivity index (χ1n) is 12.1. The minimum absolute atomic E-state index is 0.0761. The molecule has 8 atom stereocenters. The Morgan fingerprint density at radius 2 is 1.94 bits per heavy atom. The van der Waals surface area contributed by atoms with Gasteiger partial charge < -0.3 is 24.4 Å². The van der Waals surface area contributed by atoms with Gasteiger partial charge in [-0.05, 0) is 48.5 Å². The van der Waals surface area contributed by atoms with Gasteiger partial charge in [0.2, 0.25) is 0 Å². The van der Waals surface area contributed by atoms with Crippen LogP contribution in [0.2, 0.25) is 0 Å². The van der Waals surface area contributed by atoms with Gasteiger partial charge in [-0.2, -0.15) is 0 Å². The lowest BCUT2D eigenvalue weighted by atomic mass is 9.55. The number of carbonyl (C=O) groups excluding carboxylic acids is 1. The summed E-state index contributed by atoms with van der Waals surface area (Å²) in [7, 11) is 0. The van der Waals surface area contributed by atoms with Crippen molar-refractivity contribution in [2.75, 3.05) is 6.61 Å². The van der Waals surface area contributed by atoms with Gasteiger partial charge in [0.05, 0.1) is 18.6 Å². The molecular formula is C28H32O6. The molecule has 3 bridgehead atoms. The Kier molecular flexibility index (Phi) is 4.60. The lowest BCUT2D eigenvalue weighted by Crippen LogP contribution is -2.70. The molecule has 0 aromatic heterocycles. The standard InChI is InChI=1S/C28H32O6/c1-16(2)26-12-18(4)28-21(11-20(15-29)13-25(31)22(28)10-17(3)23(25)30)24(26)32-27(33-26,34-28)14-19-8-6-5-7-9-19/h5-11,18,21-22,24,29,31H,1,12-15H2,2-4H3/t18-,21+,22-,24?,25-,26+,27?,28?/m1/s1. The molecule has 3 fully saturated rings. The maximum atomic E-state index is 13.3. The second kappa shape index (κ2) is 6.99. The van der Waals surface area contributed by atoms with Crippen molar-refractivity contribution in [3.8, 4) is 0 Å². The first-order valence-corrected chi connectivity index (χ1v) is 12.1. The van der Waals surface area contributed by atoms with Gasteiger partial charge in [0.25, 0.3) is 5.97 Å². The van der Waals surface area contributed by atoms with E-state index in [4.69, 9.17) is 14.2 Å². The van der Waals surface area contributed by atoms with Gasteiger partial charge in [0, 0.05) is 18.3 Å². The molecule has 0 radical (unpaired) electrons. The van der Waals surface area contributed by atoms with E-state index in [1.807, 2.05) is 49.4 Å². The molecular weight excluding hydrogens is 432 g/mol. The van der Waals surface area contributed by atoms with Crippen molar-refractivity contribution >= 4 is 5.78 Å². The van der Waals surface area contributed by atoms with Crippen LogP contribution < -0.4 is 0 Å². The summed E-state index contributed by atoms with van der Waals surface area (Å²) in [4.78, 5) is 13.3. The third kappa shape index (κ3) is 2.61. The van der Waals surface area contributed by atoms with Crippen molar-refractivity contribution in [3.05, 3.63) is 71.3 Å². The van der Waals surface area contributed by atoms with Crippen molar-refractivity contribution in [1.82, 2.24) is 0 Å². The summed E-state index contributed by atoms with van der Waals surface area (Å²) >= 11 is 0. The lowest BCUT2D eigenvalue weighted by molar-refractivity contribution is -0.421. The van der Waals surface area contributed by atoms with Crippen molar-refractivity contribution in [2.45, 2.75) is 68.9 Å². The molecule has 2 aliphatic heterocycles. The summed E-state index contributed by atoms with van der Waals surface area (Å²) in [6, 6.07) is 9.92. The Balaban J connectivity index is 1.58. The van der Waals surface area contributed by atoms with Crippen LogP contribution in [0.15, 0.2) is 65.8 Å². The van der Waals surface area contributed by atoms with Gasteiger partial charge >= 0.3 is 0 Å². The number of hydrogen-bond acceptors (Lipinski definition) is 6. The first kappa shape index (κ1) is 22.4. The van der Waals surface area contributed by atoms with Crippen LogP contribution >= 0.6 is 0 Å². The van der Waals surface area contributed by atoms with E-state index in [1.54, 1.807) is 6.92 Å². The van der Waals surface area contributed by atoms with Gasteiger partial charge in [-0.15, -0.1) is 0 Å². The van der Waals surface area contributed by atoms with E-state index in [1.165, 1.54) is 0 Å². The van der Waals surface area contributed by atoms with Crippen LogP contribution in [0.4, 0.5) is 0 Å². The maximum absolute atomic E-state index is 13.3. The predicted octanol–water partition coefficient (Wildman–Crippen LogP) is 3.24. The minimum atomic E-state index is -1.67. The molecule has 3 unspecified atom stereocenters. The lowest BCUT2D eigenvalue weighted by Gasteiger charge is -2.59. The van der Waals surface area contributed by atoms with Crippen molar-refractivity contribution in [1.29, 1.82) is 0 Å². The predicted molar refractivity (Wildman–Crippen MR) is 124 cm³/mol. The number of ether oxygens (including phenoxy) is 3. The quantitative estimate of drug-likeness (QED) is 0.666. The van der Waals surface area contributed by atoms with E-state index in [-0.39, 0.29) is 30.6 Å². The Hall–Kier alpha value is -2.09. The second-order valence-electron chi connectivity index (χ2n) is 11.0. The van der Waals surface area contributed by atoms with E-state index < -0.39 is 34.8 Å². The van der Waals surface area contributed by atoms with E-state index >= 15 is 0 Å². The molecule has 2 N–H and O–H groups in total. The number of Topliss-reactive ketones (excluding diaryl/α,β-unsaturated/α-hetero) is 1. The number of aliphatic hydroxyl groups excluding tert-OH is 1. The number of rotatable bonds is 4. The molecule has 6 rings (SSSR count). The maximum Gasteiger partial charge on any atom is 0.289 e. The summed E-state index contributed by atoms with van der Waals surface area (Å²) in [5, 5.41) is 22.1. The Bertz CT molecular complexity index is 1140. The average Bonchev–Trinajstić information content (AvgIpc) is 3.10. The molecule has 1 aromatic rings. The Morgan fingerprint density at radius 3 is 2.62 bits per heavy atom. The van der Waals surface area contributed by atoms with E-state index in [0.717, 1.165) is 11.1 Å². The molecule has 2 saturated heterocycles. The zero-order valence-electron chi connectivity index (χ0n) is 19.9. The molecule has 0 amide bonds. The number of ketones is 1. The van der Waals surface area contributed by atoms with E-state index in [2.05, 4.69) is 13.5 Å². The van der Waals surface area contributed by atoms with Crippen LogP contribution in [0.25, 0.3) is 0 Å². The number of benzene rings is 1. The fourth-order valence-corrected chi connectivity index (χ4v) is 7.50. The number of hydrogen-bond donors (Lipinski definition) is 2. The zero-order valence-corrected chi connectivity index (χ0v) is 19.9. The van der Waals surface area contributed by atoms with Crippen LogP contribution in [0.1, 0.15) is 39.2 Å². The molecule has 5 aliphatic rings. The highest BCUT2D eigenvalue weighted by Crippen LogP contribution is 2.68. The summed E-state index contributed by atoms with van der Waals surface area (Å²) in [6.07, 6.45) is 4.51. The summed E-state index contributed by atoms with van der Waals surface area (Å²) in [6.45, 7) is 9.87. The van der Waals surface area contributed by atoms with Crippen LogP contribution in [-0.2, 0) is 25.4 Å².